The molecule has 1 N–H and O–H groups in total. The number of nitrogens with zero attached hydrogens (tertiary/aromatic N) is 2. The third kappa shape index (κ3) is 6.32. The molecule has 1 atom stereocenters. The lowest BCUT2D eigenvalue weighted by atomic mass is 9.96. The van der Waals surface area contributed by atoms with E-state index in [1.807, 2.05) is 20.8 Å². The molecule has 7 heteroatoms. The quantitative estimate of drug-likeness (QED) is 0.404. The molecular formula is C14H25N3O2S2. The van der Waals surface area contributed by atoms with Crippen LogP contribution in [-0.2, 0) is 9.53 Å². The minimum atomic E-state index is -0.594. The van der Waals surface area contributed by atoms with Crippen LogP contribution in [0.2, 0.25) is 0 Å². The molecule has 0 aliphatic carbocycles. The van der Waals surface area contributed by atoms with Crippen molar-refractivity contribution in [1.82, 2.24) is 14.7 Å². The van der Waals surface area contributed by atoms with E-state index in [0.717, 1.165) is 41.7 Å². The van der Waals surface area contributed by atoms with Crippen molar-refractivity contribution < 1.29 is 9.53 Å². The van der Waals surface area contributed by atoms with E-state index in [2.05, 4.69) is 21.6 Å². The third-order valence-electron chi connectivity index (χ3n) is 3.05. The molecule has 0 bridgehead atoms. The number of thioether (sulfide) groups is 1. The zero-order valence-electron chi connectivity index (χ0n) is 13.3. The van der Waals surface area contributed by atoms with Gasteiger partial charge in [0.15, 0.2) is 4.34 Å². The van der Waals surface area contributed by atoms with E-state index in [1.165, 1.54) is 11.5 Å². The molecule has 1 aromatic rings. The van der Waals surface area contributed by atoms with Gasteiger partial charge in [0.25, 0.3) is 0 Å². The summed E-state index contributed by atoms with van der Waals surface area (Å²) >= 11 is 3.13. The Morgan fingerprint density at radius 2 is 2.24 bits per heavy atom. The van der Waals surface area contributed by atoms with Gasteiger partial charge >= 0.3 is 5.97 Å². The molecule has 0 aromatic carbocycles. The lowest BCUT2D eigenvalue weighted by Gasteiger charge is -2.28. The largest absolute Gasteiger partial charge is 0.465 e. The molecule has 0 amide bonds. The molecule has 1 heterocycles. The summed E-state index contributed by atoms with van der Waals surface area (Å²) < 4.78 is 10.3. The predicted octanol–water partition coefficient (Wildman–Crippen LogP) is 3.04. The lowest BCUT2D eigenvalue weighted by Crippen LogP contribution is -2.50. The van der Waals surface area contributed by atoms with Crippen molar-refractivity contribution in [1.29, 1.82) is 0 Å². The number of hydrogen-bond donors (Lipinski definition) is 1. The number of ether oxygens (including phenoxy) is 1. The van der Waals surface area contributed by atoms with Crippen LogP contribution in [0.25, 0.3) is 0 Å². The molecule has 0 saturated carbocycles. The van der Waals surface area contributed by atoms with Gasteiger partial charge < -0.3 is 10.1 Å². The minimum Gasteiger partial charge on any atom is -0.465 e. The van der Waals surface area contributed by atoms with Crippen molar-refractivity contribution in [3.8, 4) is 0 Å². The van der Waals surface area contributed by atoms with Crippen LogP contribution in [-0.4, -0.2) is 39.8 Å². The van der Waals surface area contributed by atoms with Crippen molar-refractivity contribution in [2.24, 2.45) is 0 Å². The summed E-state index contributed by atoms with van der Waals surface area (Å²) in [5.41, 5.74) is -0.594. The second kappa shape index (κ2) is 9.38. The fourth-order valence-corrected chi connectivity index (χ4v) is 3.53. The smallest absolute Gasteiger partial charge is 0.326 e. The second-order valence-electron chi connectivity index (χ2n) is 5.04. The molecular weight excluding hydrogens is 306 g/mol. The fraction of sp³-hybridized carbons (Fsp3) is 0.786. The molecule has 0 radical (unpaired) electrons. The Kier molecular flexibility index (Phi) is 8.21. The van der Waals surface area contributed by atoms with Crippen molar-refractivity contribution in [2.75, 3.05) is 18.9 Å². The summed E-state index contributed by atoms with van der Waals surface area (Å²) in [6.45, 7) is 8.99. The monoisotopic (exact) mass is 331 g/mol. The van der Waals surface area contributed by atoms with Gasteiger partial charge in [-0.2, -0.15) is 4.37 Å². The molecule has 1 rings (SSSR count). The van der Waals surface area contributed by atoms with E-state index >= 15 is 0 Å². The first-order chi connectivity index (χ1) is 10.0. The van der Waals surface area contributed by atoms with Gasteiger partial charge in [-0.05, 0) is 58.1 Å². The number of esters is 1. The average Bonchev–Trinajstić information content (AvgIpc) is 2.87. The molecule has 1 aromatic heterocycles. The number of rotatable bonds is 10. The topological polar surface area (TPSA) is 64.1 Å². The van der Waals surface area contributed by atoms with Gasteiger partial charge in [-0.25, -0.2) is 4.98 Å². The predicted molar refractivity (Wildman–Crippen MR) is 87.9 cm³/mol. The van der Waals surface area contributed by atoms with Crippen LogP contribution in [0.4, 0.5) is 0 Å². The summed E-state index contributed by atoms with van der Waals surface area (Å²) in [7, 11) is 0. The maximum absolute atomic E-state index is 12.1. The fourth-order valence-electron chi connectivity index (χ4n) is 1.88. The van der Waals surface area contributed by atoms with Gasteiger partial charge in [-0.3, -0.25) is 4.79 Å². The number of hydrogen-bond acceptors (Lipinski definition) is 7. The van der Waals surface area contributed by atoms with Crippen LogP contribution in [0.5, 0.6) is 0 Å². The standard InChI is InChI=1S/C14H25N3O2S2/c1-5-9-15-14(4,12(18)19-6-2)8-7-10-20-13-16-11(3)17-21-13/h15H,5-10H2,1-4H3. The number of carbonyl (C=O) groups excluding carboxylic acids is 1. The summed E-state index contributed by atoms with van der Waals surface area (Å²) in [5.74, 6) is 1.59. The lowest BCUT2D eigenvalue weighted by molar-refractivity contribution is -0.150. The maximum atomic E-state index is 12.1. The van der Waals surface area contributed by atoms with Crippen molar-refractivity contribution in [3.05, 3.63) is 5.82 Å². The van der Waals surface area contributed by atoms with E-state index < -0.39 is 5.54 Å². The van der Waals surface area contributed by atoms with E-state index in [4.69, 9.17) is 4.74 Å². The van der Waals surface area contributed by atoms with E-state index in [-0.39, 0.29) is 5.97 Å². The third-order valence-corrected chi connectivity index (χ3v) is 5.06. The Hall–Kier alpha value is -0.660. The molecule has 0 aliphatic heterocycles. The van der Waals surface area contributed by atoms with E-state index in [0.29, 0.717) is 6.61 Å². The Balaban J connectivity index is 2.43. The van der Waals surface area contributed by atoms with Crippen LogP contribution < -0.4 is 5.32 Å². The van der Waals surface area contributed by atoms with Crippen molar-refractivity contribution in [2.45, 2.75) is 56.8 Å². The highest BCUT2D eigenvalue weighted by Gasteiger charge is 2.33. The van der Waals surface area contributed by atoms with Gasteiger partial charge in [0, 0.05) is 5.75 Å². The van der Waals surface area contributed by atoms with Crippen molar-refractivity contribution in [3.63, 3.8) is 0 Å². The number of aryl methyl sites for hydroxylation is 1. The van der Waals surface area contributed by atoms with Gasteiger partial charge in [0.2, 0.25) is 0 Å². The molecule has 21 heavy (non-hydrogen) atoms. The summed E-state index contributed by atoms with van der Waals surface area (Å²) in [6, 6.07) is 0. The molecule has 0 spiro atoms. The Bertz CT molecular complexity index is 440. The highest BCUT2D eigenvalue weighted by molar-refractivity contribution is 8.00. The highest BCUT2D eigenvalue weighted by Crippen LogP contribution is 2.23. The van der Waals surface area contributed by atoms with Crippen LogP contribution in [0, 0.1) is 6.92 Å². The van der Waals surface area contributed by atoms with Crippen LogP contribution in [0.15, 0.2) is 4.34 Å². The first-order valence-electron chi connectivity index (χ1n) is 7.37. The normalized spacial score (nSPS) is 13.9. The number of nitrogens with one attached hydrogen (secondary N) is 1. The Morgan fingerprint density at radius 1 is 1.48 bits per heavy atom. The minimum absolute atomic E-state index is 0.157. The summed E-state index contributed by atoms with van der Waals surface area (Å²) in [6.07, 6.45) is 2.68. The Morgan fingerprint density at radius 3 is 2.81 bits per heavy atom. The zero-order valence-corrected chi connectivity index (χ0v) is 14.9. The highest BCUT2D eigenvalue weighted by atomic mass is 32.2. The second-order valence-corrected chi connectivity index (χ2v) is 7.13. The molecule has 1 unspecified atom stereocenters. The first kappa shape index (κ1) is 18.4. The van der Waals surface area contributed by atoms with Gasteiger partial charge in [-0.1, -0.05) is 18.7 Å². The van der Waals surface area contributed by atoms with Gasteiger partial charge in [-0.15, -0.1) is 0 Å². The molecule has 0 fully saturated rings. The van der Waals surface area contributed by atoms with Crippen LogP contribution in [0.3, 0.4) is 0 Å². The Labute approximate surface area is 135 Å². The number of aromatic nitrogens is 2. The summed E-state index contributed by atoms with van der Waals surface area (Å²) in [5, 5.41) is 3.32. The molecule has 5 nitrogen and oxygen atoms in total. The van der Waals surface area contributed by atoms with E-state index in [9.17, 15) is 4.79 Å². The van der Waals surface area contributed by atoms with Crippen LogP contribution >= 0.6 is 23.3 Å². The van der Waals surface area contributed by atoms with Crippen LogP contribution in [0.1, 0.15) is 45.9 Å². The molecule has 0 saturated heterocycles. The number of carbonyl (C=O) groups is 1. The first-order valence-corrected chi connectivity index (χ1v) is 9.13. The molecule has 0 aliphatic rings. The maximum Gasteiger partial charge on any atom is 0.326 e. The van der Waals surface area contributed by atoms with Gasteiger partial charge in [0.1, 0.15) is 11.4 Å². The van der Waals surface area contributed by atoms with Crippen molar-refractivity contribution >= 4 is 29.3 Å². The summed E-state index contributed by atoms with van der Waals surface area (Å²) in [4.78, 5) is 16.4. The molecule has 120 valence electrons. The van der Waals surface area contributed by atoms with E-state index in [1.54, 1.807) is 11.8 Å². The van der Waals surface area contributed by atoms with Gasteiger partial charge in [0.05, 0.1) is 6.61 Å². The zero-order chi connectivity index (χ0) is 15.7. The SMILES string of the molecule is CCCNC(C)(CCCSc1nc(C)ns1)C(=O)OCC. The average molecular weight is 332 g/mol.